The number of benzene rings is 1. The molecule has 0 aliphatic rings. The summed E-state index contributed by atoms with van der Waals surface area (Å²) in [6.45, 7) is 7.34. The zero-order chi connectivity index (χ0) is 15.1. The molecule has 0 unspecified atom stereocenters. The lowest BCUT2D eigenvalue weighted by molar-refractivity contribution is 0.288. The van der Waals surface area contributed by atoms with Crippen molar-refractivity contribution in [2.75, 3.05) is 13.2 Å². The van der Waals surface area contributed by atoms with Gasteiger partial charge >= 0.3 is 0 Å². The molecule has 0 radical (unpaired) electrons. The fourth-order valence-electron chi connectivity index (χ4n) is 1.87. The molecule has 0 aliphatic carbocycles. The Morgan fingerprint density at radius 3 is 2.76 bits per heavy atom. The fraction of sp³-hybridized carbons (Fsp3) is 0.467. The van der Waals surface area contributed by atoms with Crippen LogP contribution in [0.25, 0.3) is 0 Å². The molecule has 0 amide bonds. The highest BCUT2D eigenvalue weighted by atomic mass is 79.9. The van der Waals surface area contributed by atoms with Crippen molar-refractivity contribution in [3.63, 3.8) is 0 Å². The van der Waals surface area contributed by atoms with Crippen molar-refractivity contribution in [3.8, 4) is 5.75 Å². The monoisotopic (exact) mass is 352 g/mol. The molecule has 0 saturated carbocycles. The first-order valence-corrected chi connectivity index (χ1v) is 7.90. The number of halogens is 1. The first kappa shape index (κ1) is 16.0. The van der Waals surface area contributed by atoms with E-state index in [9.17, 15) is 0 Å². The standard InChI is InChI=1S/C15H21BrN4O/c1-12(2)9-17-10-15-18-11-19-20(15)7-8-21-14-5-3-13(16)4-6-14/h3-6,11-12,17H,7-10H2,1-2H3. The molecule has 0 bridgehead atoms. The van der Waals surface area contributed by atoms with Gasteiger partial charge in [0.15, 0.2) is 0 Å². The van der Waals surface area contributed by atoms with Gasteiger partial charge in [-0.3, -0.25) is 0 Å². The Labute approximate surface area is 133 Å². The first-order chi connectivity index (χ1) is 10.1. The van der Waals surface area contributed by atoms with Gasteiger partial charge in [-0.15, -0.1) is 0 Å². The largest absolute Gasteiger partial charge is 0.492 e. The van der Waals surface area contributed by atoms with Crippen molar-refractivity contribution < 1.29 is 4.74 Å². The van der Waals surface area contributed by atoms with Crippen molar-refractivity contribution in [2.24, 2.45) is 5.92 Å². The van der Waals surface area contributed by atoms with Crippen LogP contribution < -0.4 is 10.1 Å². The molecule has 0 fully saturated rings. The summed E-state index contributed by atoms with van der Waals surface area (Å²) in [5.74, 6) is 2.43. The molecule has 0 spiro atoms. The normalized spacial score (nSPS) is 11.0. The van der Waals surface area contributed by atoms with Crippen molar-refractivity contribution >= 4 is 15.9 Å². The molecular formula is C15H21BrN4O. The van der Waals surface area contributed by atoms with Gasteiger partial charge in [-0.25, -0.2) is 9.67 Å². The highest BCUT2D eigenvalue weighted by Crippen LogP contribution is 2.15. The molecule has 1 aromatic carbocycles. The highest BCUT2D eigenvalue weighted by molar-refractivity contribution is 9.10. The second-order valence-electron chi connectivity index (χ2n) is 5.23. The van der Waals surface area contributed by atoms with Gasteiger partial charge in [-0.2, -0.15) is 5.10 Å². The van der Waals surface area contributed by atoms with Gasteiger partial charge in [-0.1, -0.05) is 29.8 Å². The molecule has 21 heavy (non-hydrogen) atoms. The number of ether oxygens (including phenoxy) is 1. The Hall–Kier alpha value is -1.40. The minimum atomic E-state index is 0.572. The van der Waals surface area contributed by atoms with Crippen LogP contribution in [0.3, 0.4) is 0 Å². The van der Waals surface area contributed by atoms with Gasteiger partial charge in [0.1, 0.15) is 24.5 Å². The van der Waals surface area contributed by atoms with Crippen LogP contribution in [0, 0.1) is 5.92 Å². The predicted molar refractivity (Wildman–Crippen MR) is 86.2 cm³/mol. The Morgan fingerprint density at radius 1 is 1.29 bits per heavy atom. The van der Waals surface area contributed by atoms with Crippen LogP contribution in [0.4, 0.5) is 0 Å². The summed E-state index contributed by atoms with van der Waals surface area (Å²) < 4.78 is 8.63. The highest BCUT2D eigenvalue weighted by Gasteiger charge is 2.04. The van der Waals surface area contributed by atoms with Crippen molar-refractivity contribution in [3.05, 3.63) is 40.9 Å². The van der Waals surface area contributed by atoms with Gasteiger partial charge in [0.2, 0.25) is 0 Å². The number of aromatic nitrogens is 3. The van der Waals surface area contributed by atoms with Crippen LogP contribution in [0.15, 0.2) is 35.1 Å². The van der Waals surface area contributed by atoms with E-state index in [0.29, 0.717) is 19.1 Å². The van der Waals surface area contributed by atoms with Crippen LogP contribution in [0.2, 0.25) is 0 Å². The quantitative estimate of drug-likeness (QED) is 0.793. The van der Waals surface area contributed by atoms with Crippen LogP contribution >= 0.6 is 15.9 Å². The van der Waals surface area contributed by atoms with Crippen LogP contribution in [0.5, 0.6) is 5.75 Å². The maximum Gasteiger partial charge on any atom is 0.140 e. The molecule has 2 rings (SSSR count). The number of hydrogen-bond acceptors (Lipinski definition) is 4. The van der Waals surface area contributed by atoms with Crippen molar-refractivity contribution in [2.45, 2.75) is 26.9 Å². The topological polar surface area (TPSA) is 52.0 Å². The van der Waals surface area contributed by atoms with Gasteiger partial charge in [0.05, 0.1) is 13.1 Å². The maximum atomic E-state index is 5.70. The maximum absolute atomic E-state index is 5.70. The molecule has 1 N–H and O–H groups in total. The number of nitrogens with zero attached hydrogens (tertiary/aromatic N) is 3. The minimum absolute atomic E-state index is 0.572. The van der Waals surface area contributed by atoms with E-state index in [2.05, 4.69) is 45.2 Å². The molecule has 1 heterocycles. The van der Waals surface area contributed by atoms with E-state index in [4.69, 9.17) is 4.74 Å². The molecule has 0 atom stereocenters. The molecule has 0 saturated heterocycles. The Kier molecular flexibility index (Phi) is 6.20. The zero-order valence-electron chi connectivity index (χ0n) is 12.4. The molecule has 1 aromatic heterocycles. The Balaban J connectivity index is 1.78. The average Bonchev–Trinajstić information content (AvgIpc) is 2.88. The molecule has 114 valence electrons. The zero-order valence-corrected chi connectivity index (χ0v) is 14.0. The van der Waals surface area contributed by atoms with Crippen LogP contribution in [-0.2, 0) is 13.1 Å². The SMILES string of the molecule is CC(C)CNCc1ncnn1CCOc1ccc(Br)cc1. The van der Waals surface area contributed by atoms with Crippen molar-refractivity contribution in [1.82, 2.24) is 20.1 Å². The summed E-state index contributed by atoms with van der Waals surface area (Å²) in [6, 6.07) is 7.81. The van der Waals surface area contributed by atoms with E-state index in [1.807, 2.05) is 28.9 Å². The average molecular weight is 353 g/mol. The minimum Gasteiger partial charge on any atom is -0.492 e. The van der Waals surface area contributed by atoms with Crippen LogP contribution in [0.1, 0.15) is 19.7 Å². The summed E-state index contributed by atoms with van der Waals surface area (Å²) in [7, 11) is 0. The summed E-state index contributed by atoms with van der Waals surface area (Å²) in [5, 5.41) is 7.61. The van der Waals surface area contributed by atoms with E-state index in [1.165, 1.54) is 0 Å². The predicted octanol–water partition coefficient (Wildman–Crippen LogP) is 2.87. The second-order valence-corrected chi connectivity index (χ2v) is 6.14. The Bertz CT molecular complexity index is 539. The van der Waals surface area contributed by atoms with Gasteiger partial charge in [0, 0.05) is 4.47 Å². The lowest BCUT2D eigenvalue weighted by atomic mass is 10.2. The second kappa shape index (κ2) is 8.14. The smallest absolute Gasteiger partial charge is 0.140 e. The van der Waals surface area contributed by atoms with E-state index in [1.54, 1.807) is 6.33 Å². The van der Waals surface area contributed by atoms with E-state index in [0.717, 1.165) is 29.1 Å². The fourth-order valence-corrected chi connectivity index (χ4v) is 2.13. The van der Waals surface area contributed by atoms with E-state index >= 15 is 0 Å². The van der Waals surface area contributed by atoms with Gasteiger partial charge in [0.25, 0.3) is 0 Å². The summed E-state index contributed by atoms with van der Waals surface area (Å²) >= 11 is 3.40. The number of hydrogen-bond donors (Lipinski definition) is 1. The molecule has 2 aromatic rings. The third-order valence-electron chi connectivity index (χ3n) is 2.92. The third kappa shape index (κ3) is 5.47. The first-order valence-electron chi connectivity index (χ1n) is 7.11. The van der Waals surface area contributed by atoms with E-state index < -0.39 is 0 Å². The number of rotatable bonds is 8. The van der Waals surface area contributed by atoms with Crippen LogP contribution in [-0.4, -0.2) is 27.9 Å². The molecule has 5 nitrogen and oxygen atoms in total. The summed E-state index contributed by atoms with van der Waals surface area (Å²) in [4.78, 5) is 4.28. The lowest BCUT2D eigenvalue weighted by Gasteiger charge is -2.10. The molecule has 0 aliphatic heterocycles. The lowest BCUT2D eigenvalue weighted by Crippen LogP contribution is -2.22. The molecular weight excluding hydrogens is 332 g/mol. The number of nitrogens with one attached hydrogen (secondary N) is 1. The summed E-state index contributed by atoms with van der Waals surface area (Å²) in [6.07, 6.45) is 1.59. The van der Waals surface area contributed by atoms with E-state index in [-0.39, 0.29) is 0 Å². The molecule has 6 heteroatoms. The summed E-state index contributed by atoms with van der Waals surface area (Å²) in [5.41, 5.74) is 0. The van der Waals surface area contributed by atoms with Crippen molar-refractivity contribution in [1.29, 1.82) is 0 Å². The van der Waals surface area contributed by atoms with Gasteiger partial charge < -0.3 is 10.1 Å². The Morgan fingerprint density at radius 2 is 2.05 bits per heavy atom. The third-order valence-corrected chi connectivity index (χ3v) is 3.45. The van der Waals surface area contributed by atoms with Gasteiger partial charge in [-0.05, 0) is 36.7 Å².